The molecule has 2 aromatic carbocycles. The van der Waals surface area contributed by atoms with Crippen LogP contribution < -0.4 is 10.5 Å². The maximum Gasteiger partial charge on any atom is 0.119 e. The largest absolute Gasteiger partial charge is 0.492 e. The topological polar surface area (TPSA) is 38.5 Å². The summed E-state index contributed by atoms with van der Waals surface area (Å²) in [6.07, 6.45) is 1.07. The van der Waals surface area contributed by atoms with Crippen LogP contribution in [0, 0.1) is 6.92 Å². The average molecular weight is 282 g/mol. The molecule has 0 saturated carbocycles. The van der Waals surface area contributed by atoms with Crippen molar-refractivity contribution in [2.45, 2.75) is 19.9 Å². The highest BCUT2D eigenvalue weighted by atomic mass is 16.5. The molecule has 110 valence electrons. The van der Waals surface area contributed by atoms with Crippen molar-refractivity contribution in [1.82, 2.24) is 4.90 Å². The van der Waals surface area contributed by atoms with Gasteiger partial charge in [0.05, 0.1) is 0 Å². The van der Waals surface area contributed by atoms with Gasteiger partial charge in [0.15, 0.2) is 0 Å². The van der Waals surface area contributed by atoms with Gasteiger partial charge in [-0.25, -0.2) is 0 Å². The first-order valence-corrected chi connectivity index (χ1v) is 7.50. The van der Waals surface area contributed by atoms with Crippen LogP contribution in [-0.2, 0) is 13.0 Å². The molecule has 3 heteroatoms. The van der Waals surface area contributed by atoms with Crippen LogP contribution in [0.25, 0.3) is 0 Å². The molecule has 0 unspecified atom stereocenters. The van der Waals surface area contributed by atoms with Crippen molar-refractivity contribution in [3.63, 3.8) is 0 Å². The third kappa shape index (κ3) is 3.37. The summed E-state index contributed by atoms with van der Waals surface area (Å²) in [6, 6.07) is 14.4. The Hall–Kier alpha value is -2.00. The molecule has 0 amide bonds. The van der Waals surface area contributed by atoms with E-state index in [1.807, 2.05) is 24.3 Å². The van der Waals surface area contributed by atoms with Gasteiger partial charge in [-0.3, -0.25) is 4.90 Å². The smallest absolute Gasteiger partial charge is 0.119 e. The molecule has 1 heterocycles. The molecule has 1 aliphatic rings. The summed E-state index contributed by atoms with van der Waals surface area (Å²) in [7, 11) is 0. The van der Waals surface area contributed by atoms with E-state index in [-0.39, 0.29) is 0 Å². The summed E-state index contributed by atoms with van der Waals surface area (Å²) in [6.45, 7) is 5.73. The van der Waals surface area contributed by atoms with Gasteiger partial charge >= 0.3 is 0 Å². The van der Waals surface area contributed by atoms with Crippen molar-refractivity contribution in [2.75, 3.05) is 25.4 Å². The van der Waals surface area contributed by atoms with Gasteiger partial charge in [0, 0.05) is 25.3 Å². The Morgan fingerprint density at radius 1 is 1.19 bits per heavy atom. The molecular formula is C18H22N2O. The molecule has 0 radical (unpaired) electrons. The SMILES string of the molecule is Cc1cccc(OCCN2CCc3cccc(N)c3C2)c1. The number of nitrogens with two attached hydrogens (primary N) is 1. The van der Waals surface area contributed by atoms with Crippen LogP contribution in [0.3, 0.4) is 0 Å². The maximum atomic E-state index is 6.08. The summed E-state index contributed by atoms with van der Waals surface area (Å²) in [4.78, 5) is 2.41. The number of ether oxygens (including phenoxy) is 1. The number of anilines is 1. The first-order valence-electron chi connectivity index (χ1n) is 7.50. The van der Waals surface area contributed by atoms with Gasteiger partial charge in [-0.15, -0.1) is 0 Å². The van der Waals surface area contributed by atoms with E-state index in [0.717, 1.165) is 37.5 Å². The van der Waals surface area contributed by atoms with Crippen molar-refractivity contribution in [3.05, 3.63) is 59.2 Å². The summed E-state index contributed by atoms with van der Waals surface area (Å²) in [5, 5.41) is 0. The standard InChI is InChI=1S/C18H22N2O/c1-14-4-2-6-16(12-14)21-11-10-20-9-8-15-5-3-7-18(19)17(15)13-20/h2-7,12H,8-11,13,19H2,1H3. The van der Waals surface area contributed by atoms with Gasteiger partial charge in [0.2, 0.25) is 0 Å². The molecule has 0 aromatic heterocycles. The number of benzene rings is 2. The van der Waals surface area contributed by atoms with E-state index >= 15 is 0 Å². The molecule has 2 N–H and O–H groups in total. The molecule has 3 rings (SSSR count). The number of nitrogen functional groups attached to an aromatic ring is 1. The van der Waals surface area contributed by atoms with Crippen LogP contribution in [0.5, 0.6) is 5.75 Å². The Balaban J connectivity index is 1.54. The fraction of sp³-hybridized carbons (Fsp3) is 0.333. The van der Waals surface area contributed by atoms with E-state index in [9.17, 15) is 0 Å². The van der Waals surface area contributed by atoms with E-state index < -0.39 is 0 Å². The van der Waals surface area contributed by atoms with Gasteiger partial charge in [-0.2, -0.15) is 0 Å². The highest BCUT2D eigenvalue weighted by molar-refractivity contribution is 5.51. The minimum Gasteiger partial charge on any atom is -0.492 e. The number of fused-ring (bicyclic) bond motifs is 1. The van der Waals surface area contributed by atoms with E-state index in [2.05, 4.69) is 30.0 Å². The van der Waals surface area contributed by atoms with Gasteiger partial charge in [0.1, 0.15) is 12.4 Å². The Kier molecular flexibility index (Phi) is 4.11. The zero-order valence-corrected chi connectivity index (χ0v) is 12.5. The summed E-state index contributed by atoms with van der Waals surface area (Å²) in [5.41, 5.74) is 10.9. The predicted octanol–water partition coefficient (Wildman–Crippen LogP) is 3.01. The van der Waals surface area contributed by atoms with Gasteiger partial charge < -0.3 is 10.5 Å². The van der Waals surface area contributed by atoms with Crippen LogP contribution in [0.15, 0.2) is 42.5 Å². The molecule has 1 aliphatic heterocycles. The second-order valence-electron chi connectivity index (χ2n) is 5.68. The molecule has 0 saturated heterocycles. The van der Waals surface area contributed by atoms with Crippen LogP contribution in [0.2, 0.25) is 0 Å². The van der Waals surface area contributed by atoms with Crippen molar-refractivity contribution in [1.29, 1.82) is 0 Å². The summed E-state index contributed by atoms with van der Waals surface area (Å²) in [5.74, 6) is 0.951. The van der Waals surface area contributed by atoms with Crippen molar-refractivity contribution < 1.29 is 4.74 Å². The molecule has 0 aliphatic carbocycles. The van der Waals surface area contributed by atoms with Crippen LogP contribution >= 0.6 is 0 Å². The van der Waals surface area contributed by atoms with Crippen LogP contribution in [0.4, 0.5) is 5.69 Å². The number of nitrogens with zero attached hydrogens (tertiary/aromatic N) is 1. The number of hydrogen-bond donors (Lipinski definition) is 1. The van der Waals surface area contributed by atoms with E-state index in [1.165, 1.54) is 16.7 Å². The van der Waals surface area contributed by atoms with E-state index in [1.54, 1.807) is 0 Å². The summed E-state index contributed by atoms with van der Waals surface area (Å²) >= 11 is 0. The van der Waals surface area contributed by atoms with Gasteiger partial charge in [-0.1, -0.05) is 24.3 Å². The third-order valence-electron chi connectivity index (χ3n) is 4.05. The van der Waals surface area contributed by atoms with Crippen molar-refractivity contribution >= 4 is 5.69 Å². The number of hydrogen-bond acceptors (Lipinski definition) is 3. The minimum atomic E-state index is 0.714. The first-order chi connectivity index (χ1) is 10.2. The predicted molar refractivity (Wildman–Crippen MR) is 86.5 cm³/mol. The Morgan fingerprint density at radius 3 is 2.90 bits per heavy atom. The quantitative estimate of drug-likeness (QED) is 0.876. The Bertz CT molecular complexity index is 624. The molecular weight excluding hydrogens is 260 g/mol. The van der Waals surface area contributed by atoms with E-state index in [4.69, 9.17) is 10.5 Å². The zero-order valence-electron chi connectivity index (χ0n) is 12.5. The maximum absolute atomic E-state index is 6.08. The highest BCUT2D eigenvalue weighted by Crippen LogP contribution is 2.24. The molecule has 0 spiro atoms. The lowest BCUT2D eigenvalue weighted by Crippen LogP contribution is -2.34. The molecule has 0 atom stereocenters. The fourth-order valence-electron chi connectivity index (χ4n) is 2.85. The van der Waals surface area contributed by atoms with Crippen LogP contribution in [0.1, 0.15) is 16.7 Å². The molecule has 21 heavy (non-hydrogen) atoms. The van der Waals surface area contributed by atoms with E-state index in [0.29, 0.717) is 6.61 Å². The Morgan fingerprint density at radius 2 is 2.05 bits per heavy atom. The second-order valence-corrected chi connectivity index (χ2v) is 5.68. The lowest BCUT2D eigenvalue weighted by molar-refractivity contribution is 0.196. The van der Waals surface area contributed by atoms with Gasteiger partial charge in [0.25, 0.3) is 0 Å². The normalized spacial score (nSPS) is 14.7. The highest BCUT2D eigenvalue weighted by Gasteiger charge is 2.17. The van der Waals surface area contributed by atoms with Crippen molar-refractivity contribution in [3.8, 4) is 5.75 Å². The second kappa shape index (κ2) is 6.19. The lowest BCUT2D eigenvalue weighted by atomic mass is 9.98. The third-order valence-corrected chi connectivity index (χ3v) is 4.05. The van der Waals surface area contributed by atoms with Crippen LogP contribution in [-0.4, -0.2) is 24.6 Å². The molecule has 0 bridgehead atoms. The number of aryl methyl sites for hydroxylation is 1. The first kappa shape index (κ1) is 14.0. The Labute approximate surface area is 126 Å². The molecule has 3 nitrogen and oxygen atoms in total. The minimum absolute atomic E-state index is 0.714. The fourth-order valence-corrected chi connectivity index (χ4v) is 2.85. The monoisotopic (exact) mass is 282 g/mol. The number of rotatable bonds is 4. The average Bonchev–Trinajstić information content (AvgIpc) is 2.48. The van der Waals surface area contributed by atoms with Gasteiger partial charge in [-0.05, 0) is 48.2 Å². The molecule has 2 aromatic rings. The molecule has 0 fully saturated rings. The lowest BCUT2D eigenvalue weighted by Gasteiger charge is -2.29. The van der Waals surface area contributed by atoms with Crippen molar-refractivity contribution in [2.24, 2.45) is 0 Å². The zero-order chi connectivity index (χ0) is 14.7. The summed E-state index contributed by atoms with van der Waals surface area (Å²) < 4.78 is 5.83.